The van der Waals surface area contributed by atoms with E-state index in [1.165, 1.54) is 24.3 Å². The molecule has 0 aromatic heterocycles. The van der Waals surface area contributed by atoms with Gasteiger partial charge in [-0.1, -0.05) is 12.1 Å². The molecule has 0 unspecified atom stereocenters. The quantitative estimate of drug-likeness (QED) is 0.849. The number of anilines is 1. The Morgan fingerprint density at radius 1 is 1.19 bits per heavy atom. The average Bonchev–Trinajstić information content (AvgIpc) is 2.44. The summed E-state index contributed by atoms with van der Waals surface area (Å²) in [6, 6.07) is 10.6. The fourth-order valence-electron chi connectivity index (χ4n) is 1.67. The Labute approximate surface area is 121 Å². The molecule has 108 valence electrons. The first kappa shape index (κ1) is 14.8. The van der Waals surface area contributed by atoms with E-state index in [0.717, 1.165) is 18.2 Å². The summed E-state index contributed by atoms with van der Waals surface area (Å²) >= 11 is 0. The van der Waals surface area contributed by atoms with Gasteiger partial charge in [-0.25, -0.2) is 12.8 Å². The van der Waals surface area contributed by atoms with Gasteiger partial charge in [-0.3, -0.25) is 4.72 Å². The Bertz CT molecular complexity index is 796. The predicted molar refractivity (Wildman–Crippen MR) is 74.6 cm³/mol. The normalized spacial score (nSPS) is 10.9. The van der Waals surface area contributed by atoms with Crippen LogP contribution in [0.2, 0.25) is 0 Å². The number of hydrogen-bond acceptors (Lipinski definition) is 4. The van der Waals surface area contributed by atoms with Crippen LogP contribution in [0.3, 0.4) is 0 Å². The highest BCUT2D eigenvalue weighted by Gasteiger charge is 2.16. The van der Waals surface area contributed by atoms with Gasteiger partial charge in [0, 0.05) is 6.07 Å². The molecular weight excluding hydrogens is 295 g/mol. The molecule has 21 heavy (non-hydrogen) atoms. The molecule has 0 aliphatic heterocycles. The van der Waals surface area contributed by atoms with Crippen LogP contribution < -0.4 is 4.72 Å². The van der Waals surface area contributed by atoms with Crippen molar-refractivity contribution < 1.29 is 17.9 Å². The number of phenolic OH excluding ortho intramolecular Hbond substituents is 1. The number of halogens is 1. The van der Waals surface area contributed by atoms with Gasteiger partial charge in [-0.15, -0.1) is 0 Å². The minimum Gasteiger partial charge on any atom is -0.506 e. The summed E-state index contributed by atoms with van der Waals surface area (Å²) < 4.78 is 39.4. The van der Waals surface area contributed by atoms with Crippen LogP contribution in [-0.4, -0.2) is 13.5 Å². The topological polar surface area (TPSA) is 90.2 Å². The van der Waals surface area contributed by atoms with Crippen molar-refractivity contribution >= 4 is 15.7 Å². The molecule has 2 N–H and O–H groups in total. The highest BCUT2D eigenvalue weighted by atomic mass is 32.2. The van der Waals surface area contributed by atoms with Crippen molar-refractivity contribution in [3.63, 3.8) is 0 Å². The number of nitrogens with one attached hydrogen (secondary N) is 1. The Kier molecular flexibility index (Phi) is 4.10. The molecule has 2 aromatic carbocycles. The Hall–Kier alpha value is -2.59. The van der Waals surface area contributed by atoms with Crippen molar-refractivity contribution in [2.45, 2.75) is 11.3 Å². The lowest BCUT2D eigenvalue weighted by atomic mass is 10.2. The van der Waals surface area contributed by atoms with E-state index in [9.17, 15) is 17.9 Å². The summed E-state index contributed by atoms with van der Waals surface area (Å²) in [5.41, 5.74) is 0.446. The molecule has 0 aliphatic carbocycles. The molecule has 0 saturated heterocycles. The van der Waals surface area contributed by atoms with E-state index in [2.05, 4.69) is 4.72 Å². The first-order chi connectivity index (χ1) is 9.92. The average molecular weight is 306 g/mol. The molecule has 5 nitrogen and oxygen atoms in total. The summed E-state index contributed by atoms with van der Waals surface area (Å²) in [4.78, 5) is -0.0483. The zero-order valence-corrected chi connectivity index (χ0v) is 11.6. The SMILES string of the molecule is N#CCc1ccc(S(=O)(=O)Nc2cc(F)ccc2O)cc1. The van der Waals surface area contributed by atoms with Crippen LogP contribution in [0.15, 0.2) is 47.4 Å². The number of rotatable bonds is 4. The molecule has 0 atom stereocenters. The minimum atomic E-state index is -3.94. The second-order valence-corrected chi connectivity index (χ2v) is 5.93. The number of phenols is 1. The summed E-state index contributed by atoms with van der Waals surface area (Å²) in [5.74, 6) is -1.05. The van der Waals surface area contributed by atoms with Crippen LogP contribution in [0, 0.1) is 17.1 Å². The molecule has 0 radical (unpaired) electrons. The lowest BCUT2D eigenvalue weighted by molar-refractivity contribution is 0.475. The van der Waals surface area contributed by atoms with E-state index in [-0.39, 0.29) is 22.8 Å². The Morgan fingerprint density at radius 2 is 1.86 bits per heavy atom. The maximum Gasteiger partial charge on any atom is 0.262 e. The van der Waals surface area contributed by atoms with Crippen LogP contribution in [0.4, 0.5) is 10.1 Å². The van der Waals surface area contributed by atoms with E-state index >= 15 is 0 Å². The van der Waals surface area contributed by atoms with Gasteiger partial charge in [0.25, 0.3) is 10.0 Å². The maximum absolute atomic E-state index is 13.1. The van der Waals surface area contributed by atoms with Crippen molar-refractivity contribution in [1.29, 1.82) is 5.26 Å². The van der Waals surface area contributed by atoms with Crippen LogP contribution in [-0.2, 0) is 16.4 Å². The fourth-order valence-corrected chi connectivity index (χ4v) is 2.74. The largest absolute Gasteiger partial charge is 0.506 e. The van der Waals surface area contributed by atoms with Crippen molar-refractivity contribution in [3.05, 3.63) is 53.8 Å². The summed E-state index contributed by atoms with van der Waals surface area (Å²) in [6.45, 7) is 0. The molecular formula is C14H11FN2O3S. The number of sulfonamides is 1. The van der Waals surface area contributed by atoms with Crippen molar-refractivity contribution in [3.8, 4) is 11.8 Å². The van der Waals surface area contributed by atoms with E-state index in [4.69, 9.17) is 5.26 Å². The number of hydrogen-bond donors (Lipinski definition) is 2. The second kappa shape index (κ2) is 5.81. The Balaban J connectivity index is 2.30. The molecule has 0 bridgehead atoms. The third-order valence-electron chi connectivity index (χ3n) is 2.72. The third kappa shape index (κ3) is 3.49. The highest BCUT2D eigenvalue weighted by Crippen LogP contribution is 2.26. The monoisotopic (exact) mass is 306 g/mol. The fraction of sp³-hybridized carbons (Fsp3) is 0.0714. The van der Waals surface area contributed by atoms with Crippen LogP contribution in [0.5, 0.6) is 5.75 Å². The van der Waals surface area contributed by atoms with Crippen LogP contribution in [0.1, 0.15) is 5.56 Å². The van der Waals surface area contributed by atoms with E-state index in [1.807, 2.05) is 6.07 Å². The summed E-state index contributed by atoms with van der Waals surface area (Å²) in [7, 11) is -3.94. The highest BCUT2D eigenvalue weighted by molar-refractivity contribution is 7.92. The van der Waals surface area contributed by atoms with Gasteiger partial charge >= 0.3 is 0 Å². The number of aromatic hydroxyl groups is 1. The molecule has 0 spiro atoms. The van der Waals surface area contributed by atoms with E-state index < -0.39 is 15.8 Å². The van der Waals surface area contributed by atoms with Gasteiger partial charge < -0.3 is 5.11 Å². The molecule has 0 saturated carbocycles. The Morgan fingerprint density at radius 3 is 2.48 bits per heavy atom. The standard InChI is InChI=1S/C14H11FN2O3S/c15-11-3-6-14(18)13(9-11)17-21(19,20)12-4-1-10(2-5-12)7-8-16/h1-6,9,17-18H,7H2. The van der Waals surface area contributed by atoms with Crippen LogP contribution in [0.25, 0.3) is 0 Å². The lowest BCUT2D eigenvalue weighted by Crippen LogP contribution is -2.13. The predicted octanol–water partition coefficient (Wildman–Crippen LogP) is 2.40. The van der Waals surface area contributed by atoms with E-state index in [0.29, 0.717) is 5.56 Å². The van der Waals surface area contributed by atoms with Gasteiger partial charge in [0.15, 0.2) is 0 Å². The molecule has 7 heteroatoms. The molecule has 0 amide bonds. The lowest BCUT2D eigenvalue weighted by Gasteiger charge is -2.10. The van der Waals surface area contributed by atoms with Gasteiger partial charge in [0.2, 0.25) is 0 Å². The third-order valence-corrected chi connectivity index (χ3v) is 4.10. The van der Waals surface area contributed by atoms with Crippen molar-refractivity contribution in [2.75, 3.05) is 4.72 Å². The van der Waals surface area contributed by atoms with Gasteiger partial charge in [-0.2, -0.15) is 5.26 Å². The molecule has 0 fully saturated rings. The molecule has 2 aromatic rings. The van der Waals surface area contributed by atoms with Crippen molar-refractivity contribution in [1.82, 2.24) is 0 Å². The summed E-state index contributed by atoms with van der Waals surface area (Å²) in [5, 5.41) is 18.1. The van der Waals surface area contributed by atoms with E-state index in [1.54, 1.807) is 0 Å². The second-order valence-electron chi connectivity index (χ2n) is 4.25. The number of benzene rings is 2. The zero-order chi connectivity index (χ0) is 15.5. The van der Waals surface area contributed by atoms with Crippen LogP contribution >= 0.6 is 0 Å². The van der Waals surface area contributed by atoms with Gasteiger partial charge in [-0.05, 0) is 29.8 Å². The van der Waals surface area contributed by atoms with Gasteiger partial charge in [0.05, 0.1) is 23.1 Å². The molecule has 0 aliphatic rings. The number of nitrogens with zero attached hydrogens (tertiary/aromatic N) is 1. The maximum atomic E-state index is 13.1. The molecule has 2 rings (SSSR count). The summed E-state index contributed by atoms with van der Waals surface area (Å²) in [6.07, 6.45) is 0.179. The first-order valence-corrected chi connectivity index (χ1v) is 7.38. The number of nitriles is 1. The smallest absolute Gasteiger partial charge is 0.262 e. The molecule has 0 heterocycles. The minimum absolute atomic E-state index is 0.0483. The van der Waals surface area contributed by atoms with Crippen molar-refractivity contribution in [2.24, 2.45) is 0 Å². The zero-order valence-electron chi connectivity index (χ0n) is 10.7. The first-order valence-electron chi connectivity index (χ1n) is 5.89. The van der Waals surface area contributed by atoms with Gasteiger partial charge in [0.1, 0.15) is 11.6 Å².